The maximum atomic E-state index is 12.3. The van der Waals surface area contributed by atoms with E-state index >= 15 is 0 Å². The van der Waals surface area contributed by atoms with Gasteiger partial charge in [0.25, 0.3) is 5.69 Å². The molecule has 0 aliphatic rings. The largest absolute Gasteiger partial charge is 0.324 e. The number of hydrogen-bond acceptors (Lipinski definition) is 5. The van der Waals surface area contributed by atoms with Gasteiger partial charge in [0.1, 0.15) is 6.54 Å². The predicted octanol–water partition coefficient (Wildman–Crippen LogP) is 2.96. The lowest BCUT2D eigenvalue weighted by Gasteiger charge is -2.23. The number of halogens is 1. The summed E-state index contributed by atoms with van der Waals surface area (Å²) in [7, 11) is -3.85. The Morgan fingerprint density at radius 2 is 1.92 bits per heavy atom. The Labute approximate surface area is 155 Å². The van der Waals surface area contributed by atoms with Crippen molar-refractivity contribution in [2.75, 3.05) is 22.4 Å². The van der Waals surface area contributed by atoms with Crippen LogP contribution >= 0.6 is 11.6 Å². The molecule has 0 bridgehead atoms. The van der Waals surface area contributed by atoms with Crippen LogP contribution in [0.1, 0.15) is 5.56 Å². The number of benzene rings is 2. The van der Waals surface area contributed by atoms with E-state index in [-0.39, 0.29) is 16.9 Å². The fourth-order valence-electron chi connectivity index (χ4n) is 2.36. The van der Waals surface area contributed by atoms with Gasteiger partial charge < -0.3 is 5.32 Å². The molecule has 1 N–H and O–H groups in total. The van der Waals surface area contributed by atoms with Crippen LogP contribution in [-0.4, -0.2) is 32.0 Å². The number of rotatable bonds is 6. The first kappa shape index (κ1) is 19.7. The Kier molecular flexibility index (Phi) is 5.83. The summed E-state index contributed by atoms with van der Waals surface area (Å²) >= 11 is 5.85. The van der Waals surface area contributed by atoms with Crippen LogP contribution in [0, 0.1) is 17.0 Å². The van der Waals surface area contributed by atoms with Crippen LogP contribution < -0.4 is 9.62 Å². The lowest BCUT2D eigenvalue weighted by molar-refractivity contribution is -0.385. The topological polar surface area (TPSA) is 110 Å². The van der Waals surface area contributed by atoms with Crippen molar-refractivity contribution in [1.29, 1.82) is 0 Å². The van der Waals surface area contributed by atoms with Crippen LogP contribution in [0.4, 0.5) is 17.1 Å². The minimum atomic E-state index is -3.85. The Morgan fingerprint density at radius 1 is 1.27 bits per heavy atom. The summed E-state index contributed by atoms with van der Waals surface area (Å²) in [5, 5.41) is 14.1. The summed E-state index contributed by atoms with van der Waals surface area (Å²) in [6, 6.07) is 10.4. The molecule has 0 unspecified atom stereocenters. The van der Waals surface area contributed by atoms with E-state index in [1.165, 1.54) is 31.2 Å². The van der Waals surface area contributed by atoms with Crippen LogP contribution in [0.25, 0.3) is 0 Å². The molecule has 0 radical (unpaired) electrons. The third-order valence-electron chi connectivity index (χ3n) is 3.54. The molecule has 0 fully saturated rings. The average molecular weight is 398 g/mol. The van der Waals surface area contributed by atoms with E-state index in [1.807, 2.05) is 0 Å². The standard InChI is InChI=1S/C16H16ClN3O5S/c1-11-14(7-4-8-15(11)20(22)23)19(26(2,24)25)10-16(21)18-13-6-3-5-12(17)9-13/h3-9H,10H2,1-2H3,(H,18,21). The normalized spacial score (nSPS) is 11.0. The molecule has 0 saturated heterocycles. The van der Waals surface area contributed by atoms with Crippen LogP contribution in [-0.2, 0) is 14.8 Å². The molecular formula is C16H16ClN3O5S. The van der Waals surface area contributed by atoms with Crippen molar-refractivity contribution in [3.05, 3.63) is 63.2 Å². The van der Waals surface area contributed by atoms with Gasteiger partial charge in [-0.1, -0.05) is 23.7 Å². The van der Waals surface area contributed by atoms with Gasteiger partial charge in [-0.05, 0) is 31.2 Å². The van der Waals surface area contributed by atoms with E-state index in [0.29, 0.717) is 10.7 Å². The number of sulfonamides is 1. The van der Waals surface area contributed by atoms with Crippen LogP contribution in [0.5, 0.6) is 0 Å². The van der Waals surface area contributed by atoms with Crippen LogP contribution in [0.3, 0.4) is 0 Å². The molecule has 8 nitrogen and oxygen atoms in total. The monoisotopic (exact) mass is 397 g/mol. The second-order valence-corrected chi connectivity index (χ2v) is 7.85. The Hall–Kier alpha value is -2.65. The summed E-state index contributed by atoms with van der Waals surface area (Å²) < 4.78 is 25.2. The number of carbonyl (C=O) groups is 1. The zero-order valence-electron chi connectivity index (χ0n) is 14.0. The third kappa shape index (κ3) is 4.70. The lowest BCUT2D eigenvalue weighted by Crippen LogP contribution is -2.38. The van der Waals surface area contributed by atoms with Gasteiger partial charge in [0.05, 0.1) is 22.4 Å². The fourth-order valence-corrected chi connectivity index (χ4v) is 3.45. The first-order valence-corrected chi connectivity index (χ1v) is 9.59. The van der Waals surface area contributed by atoms with Crippen molar-refractivity contribution in [3.8, 4) is 0 Å². The molecular weight excluding hydrogens is 382 g/mol. The van der Waals surface area contributed by atoms with E-state index in [1.54, 1.807) is 18.2 Å². The Morgan fingerprint density at radius 3 is 2.50 bits per heavy atom. The zero-order chi connectivity index (χ0) is 19.5. The highest BCUT2D eigenvalue weighted by molar-refractivity contribution is 7.92. The Balaban J connectivity index is 2.34. The minimum absolute atomic E-state index is 0.0722. The molecule has 1 amide bonds. The lowest BCUT2D eigenvalue weighted by atomic mass is 10.1. The first-order valence-electron chi connectivity index (χ1n) is 7.36. The number of nitrogens with one attached hydrogen (secondary N) is 1. The van der Waals surface area contributed by atoms with E-state index in [0.717, 1.165) is 10.6 Å². The summed E-state index contributed by atoms with van der Waals surface area (Å²) in [5.74, 6) is -0.608. The molecule has 2 rings (SSSR count). The van der Waals surface area contributed by atoms with Crippen molar-refractivity contribution in [1.82, 2.24) is 0 Å². The second kappa shape index (κ2) is 7.71. The summed E-state index contributed by atoms with van der Waals surface area (Å²) in [4.78, 5) is 22.8. The molecule has 0 aromatic heterocycles. The SMILES string of the molecule is Cc1c(N(CC(=O)Nc2cccc(Cl)c2)S(C)(=O)=O)cccc1[N+](=O)[O-]. The number of anilines is 2. The molecule has 2 aromatic carbocycles. The number of carbonyl (C=O) groups excluding carboxylic acids is 1. The van der Waals surface area contributed by atoms with E-state index in [9.17, 15) is 23.3 Å². The summed E-state index contributed by atoms with van der Waals surface area (Å²) in [6.07, 6.45) is 0.929. The molecule has 0 aliphatic carbocycles. The van der Waals surface area contributed by atoms with Crippen molar-refractivity contribution in [2.24, 2.45) is 0 Å². The van der Waals surface area contributed by atoms with Gasteiger partial charge in [-0.3, -0.25) is 19.2 Å². The summed E-state index contributed by atoms with van der Waals surface area (Å²) in [5.41, 5.74) is 0.402. The summed E-state index contributed by atoms with van der Waals surface area (Å²) in [6.45, 7) is 0.897. The maximum absolute atomic E-state index is 12.3. The number of amides is 1. The highest BCUT2D eigenvalue weighted by atomic mass is 35.5. The number of nitrogens with zero attached hydrogens (tertiary/aromatic N) is 2. The van der Waals surface area contributed by atoms with E-state index in [4.69, 9.17) is 11.6 Å². The van der Waals surface area contributed by atoms with Crippen molar-refractivity contribution in [2.45, 2.75) is 6.92 Å². The van der Waals surface area contributed by atoms with Crippen LogP contribution in [0.2, 0.25) is 5.02 Å². The van der Waals surface area contributed by atoms with Crippen molar-refractivity contribution >= 4 is 44.6 Å². The van der Waals surface area contributed by atoms with Gasteiger partial charge in [-0.2, -0.15) is 0 Å². The van der Waals surface area contributed by atoms with Gasteiger partial charge in [-0.25, -0.2) is 8.42 Å². The maximum Gasteiger partial charge on any atom is 0.274 e. The predicted molar refractivity (Wildman–Crippen MR) is 100 cm³/mol. The Bertz CT molecular complexity index is 962. The van der Waals surface area contributed by atoms with E-state index < -0.39 is 27.4 Å². The quantitative estimate of drug-likeness (QED) is 0.595. The second-order valence-electron chi connectivity index (χ2n) is 5.51. The smallest absolute Gasteiger partial charge is 0.274 e. The van der Waals surface area contributed by atoms with Gasteiger partial charge in [-0.15, -0.1) is 0 Å². The van der Waals surface area contributed by atoms with Gasteiger partial charge in [0, 0.05) is 16.8 Å². The van der Waals surface area contributed by atoms with E-state index in [2.05, 4.69) is 5.32 Å². The molecule has 0 aliphatic heterocycles. The number of nitro benzene ring substituents is 1. The minimum Gasteiger partial charge on any atom is -0.324 e. The van der Waals surface area contributed by atoms with Crippen LogP contribution in [0.15, 0.2) is 42.5 Å². The molecule has 10 heteroatoms. The van der Waals surface area contributed by atoms with Gasteiger partial charge >= 0.3 is 0 Å². The molecule has 0 heterocycles. The van der Waals surface area contributed by atoms with Gasteiger partial charge in [0.15, 0.2) is 0 Å². The first-order chi connectivity index (χ1) is 12.1. The fraction of sp³-hybridized carbons (Fsp3) is 0.188. The zero-order valence-corrected chi connectivity index (χ0v) is 15.5. The number of nitro groups is 1. The molecule has 138 valence electrons. The highest BCUT2D eigenvalue weighted by Gasteiger charge is 2.25. The number of hydrogen-bond donors (Lipinski definition) is 1. The molecule has 26 heavy (non-hydrogen) atoms. The highest BCUT2D eigenvalue weighted by Crippen LogP contribution is 2.29. The van der Waals surface area contributed by atoms with Crippen molar-refractivity contribution in [3.63, 3.8) is 0 Å². The molecule has 0 saturated carbocycles. The molecule has 0 atom stereocenters. The van der Waals surface area contributed by atoms with Crippen molar-refractivity contribution < 1.29 is 18.1 Å². The third-order valence-corrected chi connectivity index (χ3v) is 4.90. The van der Waals surface area contributed by atoms with Gasteiger partial charge in [0.2, 0.25) is 15.9 Å². The molecule has 2 aromatic rings. The molecule has 0 spiro atoms. The average Bonchev–Trinajstić information content (AvgIpc) is 2.52.